The van der Waals surface area contributed by atoms with E-state index in [1.54, 1.807) is 7.11 Å². The van der Waals surface area contributed by atoms with Crippen LogP contribution in [0.4, 0.5) is 0 Å². The summed E-state index contributed by atoms with van der Waals surface area (Å²) in [6.07, 6.45) is 3.27. The number of hydrogen-bond donors (Lipinski definition) is 0. The van der Waals surface area contributed by atoms with Crippen LogP contribution in [0.3, 0.4) is 0 Å². The van der Waals surface area contributed by atoms with Gasteiger partial charge in [-0.15, -0.1) is 0 Å². The lowest BCUT2D eigenvalue weighted by molar-refractivity contribution is 0.0773. The predicted molar refractivity (Wildman–Crippen MR) is 162 cm³/mol. The van der Waals surface area contributed by atoms with Crippen LogP contribution in [-0.4, -0.2) is 65.1 Å². The van der Waals surface area contributed by atoms with E-state index in [2.05, 4.69) is 71.0 Å². The molecule has 210 valence electrons. The third-order valence-corrected chi connectivity index (χ3v) is 8.54. The lowest BCUT2D eigenvalue weighted by atomic mass is 9.87. The molecule has 5 rings (SSSR count). The highest BCUT2D eigenvalue weighted by Crippen LogP contribution is 2.33. The van der Waals surface area contributed by atoms with Gasteiger partial charge in [-0.2, -0.15) is 0 Å². The molecule has 0 bridgehead atoms. The molecule has 0 N–H and O–H groups in total. The molecule has 0 aliphatic carbocycles. The van der Waals surface area contributed by atoms with Crippen molar-refractivity contribution in [2.24, 2.45) is 0 Å². The van der Waals surface area contributed by atoms with Crippen molar-refractivity contribution in [1.82, 2.24) is 19.4 Å². The second kappa shape index (κ2) is 12.7. The molecule has 1 unspecified atom stereocenters. The molecule has 2 heterocycles. The summed E-state index contributed by atoms with van der Waals surface area (Å²) in [5, 5.41) is 0. The van der Waals surface area contributed by atoms with Crippen LogP contribution >= 0.6 is 0 Å². The van der Waals surface area contributed by atoms with Crippen LogP contribution < -0.4 is 4.74 Å². The molecule has 1 aliphatic heterocycles. The largest absolute Gasteiger partial charge is 0.497 e. The second-order valence-electron chi connectivity index (χ2n) is 10.8. The summed E-state index contributed by atoms with van der Waals surface area (Å²) in [5.74, 6) is 2.31. The standard InChI is InChI=1S/C34H42N4O2/c1-5-37(6-2)34(39)27-16-14-26(15-17-27)31(28-10-9-11-30(24-28)40-4)20-23-36-21-18-29(19-22-36)38-25(3)35-32-12-7-8-13-33(32)38/h7-17,24,29,31H,5-6,18-23H2,1-4H3. The Kier molecular flexibility index (Phi) is 8.85. The monoisotopic (exact) mass is 538 g/mol. The van der Waals surface area contributed by atoms with Gasteiger partial charge in [0.05, 0.1) is 18.1 Å². The number of imidazole rings is 1. The van der Waals surface area contributed by atoms with Crippen LogP contribution in [0, 0.1) is 6.92 Å². The van der Waals surface area contributed by atoms with Crippen molar-refractivity contribution in [1.29, 1.82) is 0 Å². The average molecular weight is 539 g/mol. The number of nitrogens with zero attached hydrogens (tertiary/aromatic N) is 4. The van der Waals surface area contributed by atoms with Gasteiger partial charge in [0.15, 0.2) is 0 Å². The minimum absolute atomic E-state index is 0.0956. The Balaban J connectivity index is 1.29. The summed E-state index contributed by atoms with van der Waals surface area (Å²) < 4.78 is 8.01. The number of benzene rings is 3. The Morgan fingerprint density at radius 3 is 2.40 bits per heavy atom. The summed E-state index contributed by atoms with van der Waals surface area (Å²) in [4.78, 5) is 22.2. The number of para-hydroxylation sites is 2. The highest BCUT2D eigenvalue weighted by molar-refractivity contribution is 5.94. The van der Waals surface area contributed by atoms with Crippen LogP contribution in [0.15, 0.2) is 72.8 Å². The molecule has 1 aliphatic rings. The SMILES string of the molecule is CCN(CC)C(=O)c1ccc(C(CCN2CCC(n3c(C)nc4ccccc43)CC2)c2cccc(OC)c2)cc1. The number of carbonyl (C=O) groups excluding carboxylic acids is 1. The van der Waals surface area contributed by atoms with Crippen molar-refractivity contribution in [3.8, 4) is 5.75 Å². The van der Waals surface area contributed by atoms with E-state index in [1.807, 2.05) is 36.9 Å². The van der Waals surface area contributed by atoms with Gasteiger partial charge in [0, 0.05) is 43.7 Å². The quantitative estimate of drug-likeness (QED) is 0.226. The zero-order valence-electron chi connectivity index (χ0n) is 24.3. The number of likely N-dealkylation sites (tertiary alicyclic amines) is 1. The Morgan fingerprint density at radius 2 is 1.70 bits per heavy atom. The highest BCUT2D eigenvalue weighted by atomic mass is 16.5. The number of carbonyl (C=O) groups is 1. The smallest absolute Gasteiger partial charge is 0.253 e. The average Bonchev–Trinajstić information content (AvgIpc) is 3.34. The minimum atomic E-state index is 0.0956. The fourth-order valence-electron chi connectivity index (χ4n) is 6.27. The number of hydrogen-bond acceptors (Lipinski definition) is 4. The first-order valence-electron chi connectivity index (χ1n) is 14.7. The topological polar surface area (TPSA) is 50.6 Å². The van der Waals surface area contributed by atoms with Crippen molar-refractivity contribution in [3.63, 3.8) is 0 Å². The van der Waals surface area contributed by atoms with Gasteiger partial charge in [0.25, 0.3) is 5.91 Å². The van der Waals surface area contributed by atoms with Gasteiger partial charge in [0.1, 0.15) is 11.6 Å². The minimum Gasteiger partial charge on any atom is -0.497 e. The predicted octanol–water partition coefficient (Wildman–Crippen LogP) is 6.69. The fourth-order valence-corrected chi connectivity index (χ4v) is 6.27. The Bertz CT molecular complexity index is 1420. The summed E-state index contributed by atoms with van der Waals surface area (Å²) in [6, 6.07) is 25.7. The van der Waals surface area contributed by atoms with E-state index >= 15 is 0 Å². The lowest BCUT2D eigenvalue weighted by Gasteiger charge is -2.34. The molecule has 1 fully saturated rings. The number of fused-ring (bicyclic) bond motifs is 1. The third-order valence-electron chi connectivity index (χ3n) is 8.54. The van der Waals surface area contributed by atoms with Crippen molar-refractivity contribution in [2.75, 3.05) is 39.8 Å². The Hall–Kier alpha value is -3.64. The molecule has 1 aromatic heterocycles. The Morgan fingerprint density at radius 1 is 0.975 bits per heavy atom. The molecule has 40 heavy (non-hydrogen) atoms. The summed E-state index contributed by atoms with van der Waals surface area (Å²) in [6.45, 7) is 10.8. The maximum Gasteiger partial charge on any atom is 0.253 e. The lowest BCUT2D eigenvalue weighted by Crippen LogP contribution is -2.36. The Labute approximate surface area is 238 Å². The van der Waals surface area contributed by atoms with E-state index < -0.39 is 0 Å². The normalized spacial score (nSPS) is 15.3. The zero-order chi connectivity index (χ0) is 28.1. The summed E-state index contributed by atoms with van der Waals surface area (Å²) >= 11 is 0. The van der Waals surface area contributed by atoms with Gasteiger partial charge in [-0.25, -0.2) is 4.98 Å². The van der Waals surface area contributed by atoms with E-state index in [9.17, 15) is 4.79 Å². The van der Waals surface area contributed by atoms with E-state index in [0.29, 0.717) is 6.04 Å². The maximum absolute atomic E-state index is 12.9. The van der Waals surface area contributed by atoms with Crippen molar-refractivity contribution in [2.45, 2.75) is 52.0 Å². The molecule has 3 aromatic carbocycles. The van der Waals surface area contributed by atoms with E-state index in [4.69, 9.17) is 9.72 Å². The fraction of sp³-hybridized carbons (Fsp3) is 0.412. The van der Waals surface area contributed by atoms with Crippen LogP contribution in [0.2, 0.25) is 0 Å². The van der Waals surface area contributed by atoms with E-state index in [0.717, 1.165) is 74.6 Å². The molecule has 6 nitrogen and oxygen atoms in total. The zero-order valence-corrected chi connectivity index (χ0v) is 24.3. The first-order chi connectivity index (χ1) is 19.5. The summed E-state index contributed by atoms with van der Waals surface area (Å²) in [5.41, 5.74) is 5.58. The van der Waals surface area contributed by atoms with E-state index in [1.165, 1.54) is 16.6 Å². The van der Waals surface area contributed by atoms with E-state index in [-0.39, 0.29) is 11.8 Å². The molecule has 1 saturated heterocycles. The summed E-state index contributed by atoms with van der Waals surface area (Å²) in [7, 11) is 1.72. The van der Waals surface area contributed by atoms with Gasteiger partial charge in [0.2, 0.25) is 0 Å². The van der Waals surface area contributed by atoms with Crippen LogP contribution in [-0.2, 0) is 0 Å². The number of methoxy groups -OCH3 is 1. The molecular formula is C34H42N4O2. The van der Waals surface area contributed by atoms with Crippen molar-refractivity contribution >= 4 is 16.9 Å². The number of piperidine rings is 1. The third kappa shape index (κ3) is 5.92. The number of aromatic nitrogens is 2. The van der Waals surface area contributed by atoms with Gasteiger partial charge >= 0.3 is 0 Å². The number of aryl methyl sites for hydroxylation is 1. The molecule has 0 radical (unpaired) electrons. The second-order valence-corrected chi connectivity index (χ2v) is 10.8. The van der Waals surface area contributed by atoms with Crippen LogP contribution in [0.5, 0.6) is 5.75 Å². The maximum atomic E-state index is 12.9. The first kappa shape index (κ1) is 27.9. The number of rotatable bonds is 10. The first-order valence-corrected chi connectivity index (χ1v) is 14.7. The van der Waals surface area contributed by atoms with Crippen LogP contribution in [0.1, 0.15) is 72.4 Å². The van der Waals surface area contributed by atoms with Gasteiger partial charge in [-0.05, 0) is 94.1 Å². The molecule has 0 spiro atoms. The molecule has 6 heteroatoms. The number of amides is 1. The molecule has 1 atom stereocenters. The van der Waals surface area contributed by atoms with Crippen LogP contribution in [0.25, 0.3) is 11.0 Å². The highest BCUT2D eigenvalue weighted by Gasteiger charge is 2.25. The number of ether oxygens (including phenoxy) is 1. The molecule has 0 saturated carbocycles. The molecular weight excluding hydrogens is 496 g/mol. The van der Waals surface area contributed by atoms with Gasteiger partial charge < -0.3 is 19.1 Å². The van der Waals surface area contributed by atoms with Crippen molar-refractivity contribution < 1.29 is 9.53 Å². The molecule has 4 aromatic rings. The van der Waals surface area contributed by atoms with Gasteiger partial charge in [-0.1, -0.05) is 36.4 Å². The van der Waals surface area contributed by atoms with Gasteiger partial charge in [-0.3, -0.25) is 4.79 Å². The molecule has 1 amide bonds. The van der Waals surface area contributed by atoms with Crippen molar-refractivity contribution in [3.05, 3.63) is 95.3 Å².